The lowest BCUT2D eigenvalue weighted by Gasteiger charge is -2.71. The van der Waals surface area contributed by atoms with Crippen molar-refractivity contribution < 1.29 is 56.8 Å². The van der Waals surface area contributed by atoms with Crippen molar-refractivity contribution in [2.24, 2.45) is 0 Å². The molecule has 0 amide bonds. The van der Waals surface area contributed by atoms with Gasteiger partial charge in [-0.25, -0.2) is 9.97 Å². The maximum absolute atomic E-state index is 6.81. The molecular weight excluding hydrogens is 773 g/mol. The van der Waals surface area contributed by atoms with E-state index in [1.807, 2.05) is 36.4 Å². The predicted molar refractivity (Wildman–Crippen MR) is 203 cm³/mol. The Balaban J connectivity index is 0.765. The smallest absolute Gasteiger partial charge is 0.355 e. The number of aromatic nitrogens is 2. The Labute approximate surface area is 347 Å². The standard InChI is InChI=1S/C46H48N2O12/c1-9-29(13-21-45-55-33-39(15-3-23-49-39)34(56-45)41(17-5-25-51-41)35(57-45)40(33)16-4-24-50-40)47-31(11-1)32-12-2-10-30(48-32)14-22-46-58-36-42(18-6-26-52-42)37(59-46)44(20-8-28-54-44)38(60-46)43(36)19-7-27-53-43/h1-2,9-12,33-38H,3-8,15-20,23-28H2. The minimum Gasteiger partial charge on any atom is -0.369 e. The minimum atomic E-state index is -1.60. The van der Waals surface area contributed by atoms with Crippen LogP contribution in [0.4, 0.5) is 0 Å². The quantitative estimate of drug-likeness (QED) is 0.386. The highest BCUT2D eigenvalue weighted by atomic mass is 16.9. The summed E-state index contributed by atoms with van der Waals surface area (Å²) >= 11 is 0. The lowest BCUT2D eigenvalue weighted by Crippen LogP contribution is -2.90. The van der Waals surface area contributed by atoms with Crippen molar-refractivity contribution in [3.63, 3.8) is 0 Å². The third-order valence-electron chi connectivity index (χ3n) is 15.9. The number of hydrogen-bond donors (Lipinski definition) is 0. The monoisotopic (exact) mass is 820 g/mol. The van der Waals surface area contributed by atoms with E-state index in [0.717, 1.165) is 77.0 Å². The fourth-order valence-electron chi connectivity index (χ4n) is 13.9. The normalized spacial score (nSPS) is 50.9. The molecule has 14 heteroatoms. The van der Waals surface area contributed by atoms with Crippen molar-refractivity contribution in [2.75, 3.05) is 39.6 Å². The van der Waals surface area contributed by atoms with Crippen LogP contribution in [-0.4, -0.2) is 132 Å². The van der Waals surface area contributed by atoms with Crippen LogP contribution in [0.15, 0.2) is 36.4 Å². The van der Waals surface area contributed by atoms with Gasteiger partial charge in [-0.1, -0.05) is 12.1 Å². The van der Waals surface area contributed by atoms with Gasteiger partial charge in [-0.05, 0) is 113 Å². The van der Waals surface area contributed by atoms with Gasteiger partial charge in [0.05, 0.1) is 11.4 Å². The van der Waals surface area contributed by atoms with Crippen LogP contribution in [0.2, 0.25) is 0 Å². The Kier molecular flexibility index (Phi) is 7.50. The van der Waals surface area contributed by atoms with E-state index < -0.39 is 82.2 Å². The fraction of sp³-hybridized carbons (Fsp3) is 0.696. The van der Waals surface area contributed by atoms with Gasteiger partial charge < -0.3 is 56.8 Å². The largest absolute Gasteiger partial charge is 0.369 e. The molecule has 314 valence electrons. The number of nitrogens with zero attached hydrogens (tertiary/aromatic N) is 2. The van der Waals surface area contributed by atoms with Crippen LogP contribution >= 0.6 is 0 Å². The summed E-state index contributed by atoms with van der Waals surface area (Å²) in [6, 6.07) is 11.3. The van der Waals surface area contributed by atoms with E-state index in [9.17, 15) is 0 Å². The second kappa shape index (κ2) is 12.3. The topological polar surface area (TPSA) is 137 Å². The molecule has 0 radical (unpaired) electrons. The van der Waals surface area contributed by atoms with Crippen LogP contribution in [0.1, 0.15) is 88.4 Å². The highest BCUT2D eigenvalue weighted by Crippen LogP contribution is 2.68. The third-order valence-corrected chi connectivity index (χ3v) is 15.9. The van der Waals surface area contributed by atoms with Crippen molar-refractivity contribution >= 4 is 0 Å². The summed E-state index contributed by atoms with van der Waals surface area (Å²) in [6.07, 6.45) is 8.05. The first-order valence-electron chi connectivity index (χ1n) is 22.3. The number of rotatable bonds is 1. The van der Waals surface area contributed by atoms with E-state index in [1.54, 1.807) is 0 Å². The second-order valence-electron chi connectivity index (χ2n) is 18.9. The molecule has 12 aliphatic heterocycles. The Bertz CT molecular complexity index is 1900. The van der Waals surface area contributed by atoms with Crippen LogP contribution in [0.25, 0.3) is 11.4 Å². The number of ether oxygens (including phenoxy) is 12. The zero-order valence-electron chi connectivity index (χ0n) is 33.4. The summed E-state index contributed by atoms with van der Waals surface area (Å²) in [5.74, 6) is 9.73. The Morgan fingerprint density at radius 1 is 0.383 bits per heavy atom. The van der Waals surface area contributed by atoms with Gasteiger partial charge in [-0.2, -0.15) is 0 Å². The zero-order valence-corrected chi connectivity index (χ0v) is 33.4. The van der Waals surface area contributed by atoms with Crippen LogP contribution in [0, 0.1) is 23.7 Å². The molecule has 14 aliphatic rings. The lowest BCUT2D eigenvalue weighted by atomic mass is 9.57. The van der Waals surface area contributed by atoms with Gasteiger partial charge in [-0.15, -0.1) is 0 Å². The summed E-state index contributed by atoms with van der Waals surface area (Å²) in [5.41, 5.74) is -1.77. The molecule has 14 fully saturated rings. The Morgan fingerprint density at radius 3 is 0.883 bits per heavy atom. The fourth-order valence-corrected chi connectivity index (χ4v) is 13.9. The summed E-state index contributed by atoms with van der Waals surface area (Å²) in [4.78, 5) is 9.82. The van der Waals surface area contributed by atoms with Gasteiger partial charge in [-0.3, -0.25) is 0 Å². The molecule has 0 unspecified atom stereocenters. The molecule has 14 heterocycles. The SMILES string of the molecule is C(#CC12OC3C4(CCCO4)C(O1)C1(CCCO1)C(O2)C31CCCO1)c1cccc(-c2cccc(C#CC34OC5C6(CCCO6)C(O3)C3(CCCO3)C(O4)C53CCCO3)n2)n1. The maximum Gasteiger partial charge on any atom is 0.355 e. The van der Waals surface area contributed by atoms with E-state index in [-0.39, 0.29) is 0 Å². The molecule has 14 nitrogen and oxygen atoms in total. The Morgan fingerprint density at radius 2 is 0.650 bits per heavy atom. The molecule has 2 aromatic rings. The van der Waals surface area contributed by atoms with Gasteiger partial charge in [0.15, 0.2) is 0 Å². The molecule has 0 atom stereocenters. The molecule has 60 heavy (non-hydrogen) atoms. The molecule has 2 aliphatic carbocycles. The van der Waals surface area contributed by atoms with Crippen LogP contribution < -0.4 is 0 Å². The Hall–Kier alpha value is -3.06. The molecular formula is C46H48N2O12. The highest BCUT2D eigenvalue weighted by molar-refractivity contribution is 5.56. The summed E-state index contributed by atoms with van der Waals surface area (Å²) < 4.78 is 80.6. The molecule has 0 aromatic carbocycles. The molecule has 0 N–H and O–H groups in total. The van der Waals surface area contributed by atoms with E-state index in [1.165, 1.54) is 0 Å². The van der Waals surface area contributed by atoms with Crippen LogP contribution in [0.5, 0.6) is 0 Å². The van der Waals surface area contributed by atoms with Gasteiger partial charge in [0.1, 0.15) is 81.6 Å². The van der Waals surface area contributed by atoms with Gasteiger partial charge >= 0.3 is 11.9 Å². The van der Waals surface area contributed by atoms with Gasteiger partial charge in [0.2, 0.25) is 0 Å². The molecule has 16 rings (SSSR count). The van der Waals surface area contributed by atoms with E-state index in [0.29, 0.717) is 62.4 Å². The van der Waals surface area contributed by atoms with E-state index >= 15 is 0 Å². The molecule has 6 spiro atoms. The van der Waals surface area contributed by atoms with Gasteiger partial charge in [0, 0.05) is 51.5 Å². The van der Waals surface area contributed by atoms with Crippen molar-refractivity contribution in [3.8, 4) is 35.1 Å². The van der Waals surface area contributed by atoms with E-state index in [2.05, 4.69) is 23.7 Å². The van der Waals surface area contributed by atoms with Crippen molar-refractivity contribution in [1.29, 1.82) is 0 Å². The molecule has 2 saturated carbocycles. The van der Waals surface area contributed by atoms with Crippen LogP contribution in [0.3, 0.4) is 0 Å². The first-order chi connectivity index (χ1) is 29.4. The average molecular weight is 821 g/mol. The van der Waals surface area contributed by atoms with Crippen LogP contribution in [-0.2, 0) is 56.8 Å². The first kappa shape index (κ1) is 36.4. The second-order valence-corrected chi connectivity index (χ2v) is 18.9. The van der Waals surface area contributed by atoms with Crippen molar-refractivity contribution in [2.45, 2.75) is 159 Å². The lowest BCUT2D eigenvalue weighted by molar-refractivity contribution is -0.562. The summed E-state index contributed by atoms with van der Waals surface area (Å²) in [7, 11) is 0. The number of pyridine rings is 2. The van der Waals surface area contributed by atoms with Gasteiger partial charge in [0.25, 0.3) is 0 Å². The summed E-state index contributed by atoms with van der Waals surface area (Å²) in [5, 5.41) is 0. The minimum absolute atomic E-state index is 0.393. The molecule has 12 saturated heterocycles. The zero-order chi connectivity index (χ0) is 39.5. The molecule has 2 aromatic heterocycles. The third kappa shape index (κ3) is 4.48. The first-order valence-corrected chi connectivity index (χ1v) is 22.3. The number of hydrogen-bond acceptors (Lipinski definition) is 14. The maximum atomic E-state index is 6.81. The predicted octanol–water partition coefficient (Wildman–Crippen LogP) is 3.84. The molecule has 8 bridgehead atoms. The average Bonchev–Trinajstić information content (AvgIpc) is 4.14. The van der Waals surface area contributed by atoms with Crippen molar-refractivity contribution in [3.05, 3.63) is 47.8 Å². The van der Waals surface area contributed by atoms with Crippen molar-refractivity contribution in [1.82, 2.24) is 9.97 Å². The highest BCUT2D eigenvalue weighted by Gasteiger charge is 2.86. The van der Waals surface area contributed by atoms with E-state index in [4.69, 9.17) is 66.8 Å². The summed E-state index contributed by atoms with van der Waals surface area (Å²) in [6.45, 7) is 3.88.